The summed E-state index contributed by atoms with van der Waals surface area (Å²) in [7, 11) is 0. The Hall–Kier alpha value is -0.600. The molecule has 1 heterocycles. The SMILES string of the molecule is [2H]C([2H])([2H])C([2H])(O)c1cccnc1Cl. The van der Waals surface area contributed by atoms with Crippen LogP contribution in [0, 0.1) is 0 Å². The highest BCUT2D eigenvalue weighted by molar-refractivity contribution is 6.30. The molecule has 1 N–H and O–H groups in total. The third kappa shape index (κ3) is 1.46. The van der Waals surface area contributed by atoms with Crippen molar-refractivity contribution in [3.8, 4) is 0 Å². The highest BCUT2D eigenvalue weighted by Gasteiger charge is 2.04. The zero-order valence-electron chi connectivity index (χ0n) is 9.00. The Labute approximate surface area is 70.1 Å². The van der Waals surface area contributed by atoms with Crippen LogP contribution in [-0.4, -0.2) is 10.1 Å². The van der Waals surface area contributed by atoms with Crippen LogP contribution in [0.5, 0.6) is 0 Å². The second-order valence-corrected chi connectivity index (χ2v) is 2.05. The average Bonchev–Trinajstić information content (AvgIpc) is 2.02. The van der Waals surface area contributed by atoms with Gasteiger partial charge in [-0.05, 0) is 12.9 Å². The molecule has 0 spiro atoms. The number of halogens is 1. The van der Waals surface area contributed by atoms with Crippen LogP contribution in [-0.2, 0) is 0 Å². The second-order valence-electron chi connectivity index (χ2n) is 1.69. The fourth-order valence-electron chi connectivity index (χ4n) is 0.563. The maximum absolute atomic E-state index is 9.48. The molecule has 0 saturated heterocycles. The Morgan fingerprint density at radius 1 is 2.00 bits per heavy atom. The van der Waals surface area contributed by atoms with Crippen molar-refractivity contribution in [3.63, 3.8) is 0 Å². The Morgan fingerprint density at radius 2 is 2.80 bits per heavy atom. The molecule has 1 aromatic rings. The fourth-order valence-corrected chi connectivity index (χ4v) is 0.772. The number of hydrogen-bond donors (Lipinski definition) is 1. The summed E-state index contributed by atoms with van der Waals surface area (Å²) in [5, 5.41) is 9.30. The van der Waals surface area contributed by atoms with Crippen molar-refractivity contribution in [1.82, 2.24) is 4.98 Å². The molecule has 54 valence electrons. The van der Waals surface area contributed by atoms with Gasteiger partial charge in [-0.15, -0.1) is 0 Å². The van der Waals surface area contributed by atoms with Gasteiger partial charge in [-0.25, -0.2) is 4.98 Å². The minimum Gasteiger partial charge on any atom is -0.389 e. The van der Waals surface area contributed by atoms with Crippen molar-refractivity contribution in [3.05, 3.63) is 29.0 Å². The quantitative estimate of drug-likeness (QED) is 0.637. The van der Waals surface area contributed by atoms with Crippen LogP contribution in [0.25, 0.3) is 0 Å². The third-order valence-electron chi connectivity index (χ3n) is 1.01. The van der Waals surface area contributed by atoms with E-state index in [4.69, 9.17) is 17.1 Å². The molecular weight excluding hydrogens is 150 g/mol. The molecule has 3 heteroatoms. The lowest BCUT2D eigenvalue weighted by atomic mass is 10.2. The molecule has 10 heavy (non-hydrogen) atoms. The minimum atomic E-state index is -2.86. The highest BCUT2D eigenvalue weighted by Crippen LogP contribution is 2.18. The van der Waals surface area contributed by atoms with E-state index in [0.29, 0.717) is 0 Å². The van der Waals surface area contributed by atoms with E-state index in [1.165, 1.54) is 18.3 Å². The van der Waals surface area contributed by atoms with Crippen molar-refractivity contribution in [2.45, 2.75) is 12.9 Å². The van der Waals surface area contributed by atoms with Gasteiger partial charge in [-0.2, -0.15) is 0 Å². The lowest BCUT2D eigenvalue weighted by Gasteiger charge is -2.03. The summed E-state index contributed by atoms with van der Waals surface area (Å²) >= 11 is 5.57. The number of pyridine rings is 1. The van der Waals surface area contributed by atoms with Crippen LogP contribution in [0.15, 0.2) is 18.3 Å². The van der Waals surface area contributed by atoms with E-state index in [-0.39, 0.29) is 10.7 Å². The van der Waals surface area contributed by atoms with E-state index in [1.54, 1.807) is 0 Å². The van der Waals surface area contributed by atoms with Crippen LogP contribution in [0.3, 0.4) is 0 Å². The molecule has 0 aliphatic rings. The first-order chi connectivity index (χ1) is 6.27. The number of rotatable bonds is 1. The van der Waals surface area contributed by atoms with Gasteiger partial charge in [0.25, 0.3) is 0 Å². The molecule has 0 bridgehead atoms. The van der Waals surface area contributed by atoms with Crippen LogP contribution < -0.4 is 0 Å². The van der Waals surface area contributed by atoms with E-state index < -0.39 is 12.9 Å². The molecule has 1 atom stereocenters. The van der Waals surface area contributed by atoms with Crippen LogP contribution in [0.2, 0.25) is 5.15 Å². The largest absolute Gasteiger partial charge is 0.389 e. The summed E-state index contributed by atoms with van der Waals surface area (Å²) in [4.78, 5) is 3.59. The van der Waals surface area contributed by atoms with E-state index in [9.17, 15) is 5.11 Å². The summed E-state index contributed by atoms with van der Waals surface area (Å²) < 4.78 is 28.3. The van der Waals surface area contributed by atoms with Crippen LogP contribution >= 0.6 is 11.6 Å². The first-order valence-electron chi connectivity index (χ1n) is 4.60. The molecule has 0 aliphatic carbocycles. The smallest absolute Gasteiger partial charge is 0.134 e. The lowest BCUT2D eigenvalue weighted by Crippen LogP contribution is -1.92. The van der Waals surface area contributed by atoms with Gasteiger partial charge in [-0.3, -0.25) is 0 Å². The maximum Gasteiger partial charge on any atom is 0.134 e. The highest BCUT2D eigenvalue weighted by atomic mass is 35.5. The molecule has 0 amide bonds. The maximum atomic E-state index is 9.48. The monoisotopic (exact) mass is 161 g/mol. The molecular formula is C7H8ClNO. The summed E-state index contributed by atoms with van der Waals surface area (Å²) in [6.07, 6.45) is -1.38. The minimum absolute atomic E-state index is 0.180. The van der Waals surface area contributed by atoms with Crippen LogP contribution in [0.1, 0.15) is 24.0 Å². The lowest BCUT2D eigenvalue weighted by molar-refractivity contribution is 0.199. The summed E-state index contributed by atoms with van der Waals surface area (Å²) in [6, 6.07) is 2.67. The zero-order chi connectivity index (χ0) is 11.0. The molecule has 0 aliphatic heterocycles. The molecule has 0 fully saturated rings. The fraction of sp³-hybridized carbons (Fsp3) is 0.286. The van der Waals surface area contributed by atoms with Crippen molar-refractivity contribution < 1.29 is 10.6 Å². The topological polar surface area (TPSA) is 33.1 Å². The van der Waals surface area contributed by atoms with Gasteiger partial charge < -0.3 is 5.11 Å². The molecule has 2 nitrogen and oxygen atoms in total. The Morgan fingerprint density at radius 3 is 3.40 bits per heavy atom. The molecule has 0 radical (unpaired) electrons. The predicted molar refractivity (Wildman–Crippen MR) is 39.9 cm³/mol. The molecule has 1 rings (SSSR count). The number of hydrogen-bond acceptors (Lipinski definition) is 2. The van der Waals surface area contributed by atoms with Crippen molar-refractivity contribution >= 4 is 11.6 Å². The van der Waals surface area contributed by atoms with Gasteiger partial charge in [0, 0.05) is 15.9 Å². The van der Waals surface area contributed by atoms with Gasteiger partial charge in [0.1, 0.15) is 5.15 Å². The van der Waals surface area contributed by atoms with Crippen molar-refractivity contribution in [2.24, 2.45) is 0 Å². The van der Waals surface area contributed by atoms with Gasteiger partial charge in [0.15, 0.2) is 0 Å². The summed E-state index contributed by atoms with van der Waals surface area (Å²) in [5.41, 5.74) is -0.221. The summed E-state index contributed by atoms with van der Waals surface area (Å²) in [6.45, 7) is -2.86. The van der Waals surface area contributed by atoms with E-state index in [0.717, 1.165) is 0 Å². The summed E-state index contributed by atoms with van der Waals surface area (Å²) in [5.74, 6) is 0. The molecule has 0 saturated carbocycles. The van der Waals surface area contributed by atoms with Gasteiger partial charge in [0.2, 0.25) is 0 Å². The first-order valence-corrected chi connectivity index (χ1v) is 2.98. The normalized spacial score (nSPS) is 23.4. The second kappa shape index (κ2) is 2.99. The van der Waals surface area contributed by atoms with Crippen molar-refractivity contribution in [2.75, 3.05) is 0 Å². The third-order valence-corrected chi connectivity index (χ3v) is 1.32. The van der Waals surface area contributed by atoms with Gasteiger partial charge in [-0.1, -0.05) is 17.7 Å². The number of aromatic nitrogens is 1. The molecule has 1 unspecified atom stereocenters. The zero-order valence-corrected chi connectivity index (χ0v) is 5.76. The number of nitrogens with zero attached hydrogens (tertiary/aromatic N) is 1. The standard InChI is InChI=1S/C7H8ClNO/c1-5(10)6-3-2-4-9-7(6)8/h2-5,10H,1H3/i1D3,5D. The predicted octanol–water partition coefficient (Wildman–Crippen LogP) is 1.79. The molecule has 1 aromatic heterocycles. The molecule has 0 aromatic carbocycles. The van der Waals surface area contributed by atoms with E-state index in [2.05, 4.69) is 4.98 Å². The Bertz CT molecular complexity index is 339. The van der Waals surface area contributed by atoms with E-state index >= 15 is 0 Å². The van der Waals surface area contributed by atoms with Gasteiger partial charge in [0.05, 0.1) is 7.45 Å². The van der Waals surface area contributed by atoms with E-state index in [1.807, 2.05) is 0 Å². The Kier molecular flexibility index (Phi) is 1.11. The number of aliphatic hydroxyl groups is 1. The van der Waals surface area contributed by atoms with Crippen molar-refractivity contribution in [1.29, 1.82) is 0 Å². The Balaban J connectivity index is 3.23. The first kappa shape index (κ1) is 3.69. The van der Waals surface area contributed by atoms with Crippen LogP contribution in [0.4, 0.5) is 0 Å². The van der Waals surface area contributed by atoms with Gasteiger partial charge >= 0.3 is 0 Å². The average molecular weight is 162 g/mol.